The molecule has 0 atom stereocenters. The Labute approximate surface area is 244 Å². The van der Waals surface area contributed by atoms with Crippen LogP contribution in [0.2, 0.25) is 0 Å². The first-order chi connectivity index (χ1) is 20.4. The van der Waals surface area contributed by atoms with Crippen LogP contribution in [-0.4, -0.2) is 31.3 Å². The quantitative estimate of drug-likeness (QED) is 0.197. The average molecular weight is 567 g/mol. The van der Waals surface area contributed by atoms with Crippen LogP contribution in [0, 0.1) is 0 Å². The number of rotatable bonds is 13. The Hall–Kier alpha value is -4.99. The Balaban J connectivity index is 1.48. The number of amides is 1. The van der Waals surface area contributed by atoms with Crippen LogP contribution in [0.5, 0.6) is 11.5 Å². The lowest BCUT2D eigenvalue weighted by Gasteiger charge is -2.20. The summed E-state index contributed by atoms with van der Waals surface area (Å²) in [6.07, 6.45) is 0.951. The van der Waals surface area contributed by atoms with Gasteiger partial charge in [-0.05, 0) is 58.0 Å². The van der Waals surface area contributed by atoms with Crippen LogP contribution in [-0.2, 0) is 32.6 Å². The Morgan fingerprint density at radius 2 is 1.57 bits per heavy atom. The maximum atomic E-state index is 12.2. The van der Waals surface area contributed by atoms with E-state index in [0.717, 1.165) is 28.0 Å². The van der Waals surface area contributed by atoms with E-state index in [-0.39, 0.29) is 11.6 Å². The Morgan fingerprint density at radius 1 is 0.929 bits per heavy atom. The van der Waals surface area contributed by atoms with Crippen molar-refractivity contribution in [3.63, 3.8) is 0 Å². The van der Waals surface area contributed by atoms with Gasteiger partial charge >= 0.3 is 0 Å². The van der Waals surface area contributed by atoms with E-state index in [1.165, 1.54) is 0 Å². The van der Waals surface area contributed by atoms with Gasteiger partial charge in [0.05, 0.1) is 5.56 Å². The molecule has 0 unspecified atom stereocenters. The van der Waals surface area contributed by atoms with Crippen LogP contribution >= 0.6 is 0 Å². The van der Waals surface area contributed by atoms with Gasteiger partial charge in [-0.25, -0.2) is 4.68 Å². The normalized spacial score (nSPS) is 11.1. The third kappa shape index (κ3) is 6.49. The van der Waals surface area contributed by atoms with Crippen molar-refractivity contribution in [1.29, 1.82) is 0 Å². The van der Waals surface area contributed by atoms with E-state index in [2.05, 4.69) is 40.6 Å². The molecule has 1 amide bonds. The van der Waals surface area contributed by atoms with Gasteiger partial charge in [-0.3, -0.25) is 4.79 Å². The second kappa shape index (κ2) is 13.1. The van der Waals surface area contributed by atoms with Crippen LogP contribution in [0.25, 0.3) is 11.4 Å². The molecule has 0 fully saturated rings. The molecule has 42 heavy (non-hydrogen) atoms. The molecule has 5 rings (SSSR count). The van der Waals surface area contributed by atoms with E-state index >= 15 is 0 Å². The lowest BCUT2D eigenvalue weighted by Crippen LogP contribution is -2.14. The van der Waals surface area contributed by atoms with Gasteiger partial charge in [-0.1, -0.05) is 79.7 Å². The van der Waals surface area contributed by atoms with Crippen molar-refractivity contribution in [2.75, 3.05) is 0 Å². The summed E-state index contributed by atoms with van der Waals surface area (Å²) in [7, 11) is 0. The fraction of sp³-hybridized carbons (Fsp3) is 0.281. The van der Waals surface area contributed by atoms with Gasteiger partial charge in [-0.2, -0.15) is 0 Å². The molecule has 0 saturated heterocycles. The summed E-state index contributed by atoms with van der Waals surface area (Å²) in [6.45, 7) is 7.53. The molecule has 2 aromatic heterocycles. The second-order valence-corrected chi connectivity index (χ2v) is 10.2. The van der Waals surface area contributed by atoms with Gasteiger partial charge < -0.3 is 19.7 Å². The summed E-state index contributed by atoms with van der Waals surface area (Å²) in [5.41, 5.74) is 10.2. The van der Waals surface area contributed by atoms with Gasteiger partial charge in [0, 0.05) is 19.0 Å². The molecule has 0 aliphatic rings. The number of hydrogen-bond donors (Lipinski definition) is 1. The molecule has 0 saturated carbocycles. The van der Waals surface area contributed by atoms with Crippen molar-refractivity contribution in [1.82, 2.24) is 25.4 Å². The van der Waals surface area contributed by atoms with E-state index in [4.69, 9.17) is 19.7 Å². The number of nitrogens with zero attached hydrogens (tertiary/aromatic N) is 5. The summed E-state index contributed by atoms with van der Waals surface area (Å²) in [6, 6.07) is 24.2. The van der Waals surface area contributed by atoms with Gasteiger partial charge in [0.15, 0.2) is 11.5 Å². The summed E-state index contributed by atoms with van der Waals surface area (Å²) in [4.78, 5) is 12.2. The van der Waals surface area contributed by atoms with Crippen molar-refractivity contribution < 1.29 is 18.8 Å². The Bertz CT molecular complexity index is 1630. The zero-order valence-electron chi connectivity index (χ0n) is 24.0. The highest BCUT2D eigenvalue weighted by molar-refractivity contribution is 5.97. The molecule has 0 radical (unpaired) electrons. The van der Waals surface area contributed by atoms with Crippen LogP contribution in [0.4, 0.5) is 0 Å². The molecule has 10 heteroatoms. The fourth-order valence-electron chi connectivity index (χ4n) is 4.74. The SMILES string of the molecule is CCn1nnnc1-c1c(C(N)=O)noc1CCc1cc(C(C)C)c(OCc2ccccc2)cc1OCc1ccccc1. The number of primary amides is 1. The molecule has 0 aliphatic heterocycles. The van der Waals surface area contributed by atoms with E-state index in [1.807, 2.05) is 73.7 Å². The number of ether oxygens (including phenoxy) is 2. The number of aromatic nitrogens is 5. The smallest absolute Gasteiger partial charge is 0.271 e. The molecule has 5 aromatic rings. The van der Waals surface area contributed by atoms with Crippen LogP contribution < -0.4 is 15.2 Å². The van der Waals surface area contributed by atoms with Crippen molar-refractivity contribution in [2.45, 2.75) is 59.3 Å². The monoisotopic (exact) mass is 566 g/mol. The minimum Gasteiger partial charge on any atom is -0.488 e. The van der Waals surface area contributed by atoms with Crippen molar-refractivity contribution in [3.05, 3.63) is 107 Å². The van der Waals surface area contributed by atoms with E-state index in [9.17, 15) is 4.79 Å². The molecule has 10 nitrogen and oxygen atoms in total. The molecule has 3 aromatic carbocycles. The Morgan fingerprint density at radius 3 is 2.17 bits per heavy atom. The van der Waals surface area contributed by atoms with Crippen molar-refractivity contribution in [3.8, 4) is 22.9 Å². The maximum Gasteiger partial charge on any atom is 0.271 e. The summed E-state index contributed by atoms with van der Waals surface area (Å²) in [5, 5.41) is 15.8. The first-order valence-corrected chi connectivity index (χ1v) is 14.0. The predicted octanol–water partition coefficient (Wildman–Crippen LogP) is 5.51. The largest absolute Gasteiger partial charge is 0.488 e. The number of carbonyl (C=O) groups is 1. The average Bonchev–Trinajstić information content (AvgIpc) is 3.65. The molecular formula is C32H34N6O4. The van der Waals surface area contributed by atoms with Crippen molar-refractivity contribution in [2.24, 2.45) is 5.73 Å². The fourth-order valence-corrected chi connectivity index (χ4v) is 4.74. The van der Waals surface area contributed by atoms with Crippen LogP contribution in [0.15, 0.2) is 77.3 Å². The summed E-state index contributed by atoms with van der Waals surface area (Å²) >= 11 is 0. The molecule has 2 heterocycles. The summed E-state index contributed by atoms with van der Waals surface area (Å²) in [5.74, 6) is 1.84. The predicted molar refractivity (Wildman–Crippen MR) is 157 cm³/mol. The van der Waals surface area contributed by atoms with Gasteiger partial charge in [0.1, 0.15) is 30.5 Å². The number of hydrogen-bond acceptors (Lipinski definition) is 8. The highest BCUT2D eigenvalue weighted by atomic mass is 16.5. The second-order valence-electron chi connectivity index (χ2n) is 10.2. The third-order valence-corrected chi connectivity index (χ3v) is 6.96. The minimum atomic E-state index is -0.709. The van der Waals surface area contributed by atoms with Crippen LogP contribution in [0.3, 0.4) is 0 Å². The maximum absolute atomic E-state index is 12.2. The van der Waals surface area contributed by atoms with E-state index in [1.54, 1.807) is 4.68 Å². The highest BCUT2D eigenvalue weighted by Crippen LogP contribution is 2.36. The molecule has 2 N–H and O–H groups in total. The Kier molecular flexibility index (Phi) is 8.91. The number of carbonyl (C=O) groups excluding carboxylic acids is 1. The van der Waals surface area contributed by atoms with Gasteiger partial charge in [0.2, 0.25) is 0 Å². The molecule has 0 aliphatic carbocycles. The zero-order valence-corrected chi connectivity index (χ0v) is 24.0. The zero-order chi connectivity index (χ0) is 29.5. The van der Waals surface area contributed by atoms with Gasteiger partial charge in [-0.15, -0.1) is 5.10 Å². The minimum absolute atomic E-state index is 0.00239. The number of benzene rings is 3. The molecule has 0 bridgehead atoms. The molecular weight excluding hydrogens is 532 g/mol. The summed E-state index contributed by atoms with van der Waals surface area (Å²) < 4.78 is 19.9. The van der Waals surface area contributed by atoms with E-state index < -0.39 is 5.91 Å². The van der Waals surface area contributed by atoms with Crippen LogP contribution in [0.1, 0.15) is 65.2 Å². The van der Waals surface area contributed by atoms with Crippen molar-refractivity contribution >= 4 is 5.91 Å². The first-order valence-electron chi connectivity index (χ1n) is 14.0. The number of tetrazole rings is 1. The topological polar surface area (TPSA) is 131 Å². The molecule has 0 spiro atoms. The third-order valence-electron chi connectivity index (χ3n) is 6.96. The lowest BCUT2D eigenvalue weighted by atomic mass is 9.96. The molecule has 216 valence electrons. The highest BCUT2D eigenvalue weighted by Gasteiger charge is 2.26. The van der Waals surface area contributed by atoms with Gasteiger partial charge in [0.25, 0.3) is 5.91 Å². The standard InChI is InChI=1S/C32H34N6O4/c1-4-38-32(34-36-37-38)29-26(42-35-30(29)31(33)39)16-15-24-17-25(21(2)3)28(41-20-23-13-9-6-10-14-23)18-27(24)40-19-22-11-7-5-8-12-22/h5-14,17-18,21H,4,15-16,19-20H2,1-3H3,(H2,33,39). The number of nitrogens with two attached hydrogens (primary N) is 1. The van der Waals surface area contributed by atoms with E-state index in [0.29, 0.717) is 55.5 Å². The first kappa shape index (κ1) is 28.5. The lowest BCUT2D eigenvalue weighted by molar-refractivity contribution is 0.0992. The number of aryl methyl sites for hydroxylation is 3.